The highest BCUT2D eigenvalue weighted by Gasteiger charge is 2.32. The van der Waals surface area contributed by atoms with Gasteiger partial charge in [-0.1, -0.05) is 12.1 Å². The molecule has 2 aromatic heterocycles. The molecule has 2 atom stereocenters. The van der Waals surface area contributed by atoms with E-state index < -0.39 is 23.4 Å². The van der Waals surface area contributed by atoms with E-state index in [-0.39, 0.29) is 64.6 Å². The number of methoxy groups -OCH3 is 1. The number of ether oxygens (including phenoxy) is 2. The fourth-order valence-electron chi connectivity index (χ4n) is 5.53. The fraction of sp³-hybridized carbons (Fsp3) is 0.212. The molecular formula is C33H26F3N5O4. The van der Waals surface area contributed by atoms with Crippen molar-refractivity contribution in [2.45, 2.75) is 25.2 Å². The molecule has 0 unspecified atom stereocenters. The number of carbonyl (C=O) groups is 1. The zero-order chi connectivity index (χ0) is 31.7. The first-order chi connectivity index (χ1) is 21.7. The summed E-state index contributed by atoms with van der Waals surface area (Å²) >= 11 is 0. The zero-order valence-corrected chi connectivity index (χ0v) is 23.9. The van der Waals surface area contributed by atoms with Crippen molar-refractivity contribution >= 4 is 17.0 Å². The molecule has 228 valence electrons. The van der Waals surface area contributed by atoms with Crippen molar-refractivity contribution in [2.75, 3.05) is 20.2 Å². The molecule has 1 aliphatic heterocycles. The Labute approximate surface area is 255 Å². The van der Waals surface area contributed by atoms with Crippen LogP contribution >= 0.6 is 0 Å². The second-order valence-corrected chi connectivity index (χ2v) is 10.6. The van der Waals surface area contributed by atoms with Gasteiger partial charge >= 0.3 is 5.97 Å². The molecule has 6 rings (SSSR count). The van der Waals surface area contributed by atoms with E-state index in [1.54, 1.807) is 19.2 Å². The van der Waals surface area contributed by atoms with Crippen LogP contribution in [-0.4, -0.2) is 51.9 Å². The Morgan fingerprint density at radius 3 is 2.60 bits per heavy atom. The van der Waals surface area contributed by atoms with Crippen LogP contribution in [0.5, 0.6) is 5.88 Å². The van der Waals surface area contributed by atoms with Gasteiger partial charge in [-0.05, 0) is 54.1 Å². The summed E-state index contributed by atoms with van der Waals surface area (Å²) in [5.74, 6) is -2.59. The van der Waals surface area contributed by atoms with Crippen LogP contribution < -0.4 is 10.1 Å². The standard InChI is InChI=1S/C33H26F3N5O4/c1-44-30-16-38-15-29(30)41-28-11-19(33(42)43)7-8-27(28)39-31(41)12-21-10-25(36)22(13-24(21)35)26-3-2-4-32(40-26)45-17-20-6-5-18(14-37)9-23(20)34/h2-11,13,29-30,38H,12,15-17H2,1H3,(H,42,43)/t29-,30+/m1/s1. The second kappa shape index (κ2) is 12.4. The molecule has 2 N–H and O–H groups in total. The van der Waals surface area contributed by atoms with E-state index in [0.717, 1.165) is 18.2 Å². The summed E-state index contributed by atoms with van der Waals surface area (Å²) < 4.78 is 58.5. The number of benzene rings is 3. The van der Waals surface area contributed by atoms with Crippen LogP contribution in [0.4, 0.5) is 13.2 Å². The first-order valence-electron chi connectivity index (χ1n) is 14.0. The number of hydrogen-bond donors (Lipinski definition) is 2. The highest BCUT2D eigenvalue weighted by Crippen LogP contribution is 2.31. The van der Waals surface area contributed by atoms with Gasteiger partial charge in [0.1, 0.15) is 29.9 Å². The molecule has 0 spiro atoms. The molecule has 3 heterocycles. The van der Waals surface area contributed by atoms with E-state index in [0.29, 0.717) is 29.9 Å². The lowest BCUT2D eigenvalue weighted by Gasteiger charge is -2.22. The molecule has 0 amide bonds. The SMILES string of the molecule is CO[C@H]1CNC[C@H]1n1c(Cc2cc(F)c(-c3cccc(OCc4ccc(C#N)cc4F)n3)cc2F)nc2ccc(C(=O)O)cc21. The number of hydrogen-bond acceptors (Lipinski definition) is 7. The summed E-state index contributed by atoms with van der Waals surface area (Å²) in [6.07, 6.45) is -0.313. The summed E-state index contributed by atoms with van der Waals surface area (Å²) in [5, 5.41) is 21.7. The van der Waals surface area contributed by atoms with Crippen molar-refractivity contribution in [1.82, 2.24) is 19.9 Å². The van der Waals surface area contributed by atoms with Gasteiger partial charge in [0.25, 0.3) is 0 Å². The number of carboxylic acid groups (broad SMARTS) is 1. The topological polar surface area (TPSA) is 122 Å². The third kappa shape index (κ3) is 5.95. The minimum Gasteiger partial charge on any atom is -0.478 e. The predicted octanol–water partition coefficient (Wildman–Crippen LogP) is 5.41. The van der Waals surface area contributed by atoms with Crippen molar-refractivity contribution in [1.29, 1.82) is 5.26 Å². The number of nitrogens with one attached hydrogen (secondary N) is 1. The van der Waals surface area contributed by atoms with E-state index in [1.807, 2.05) is 10.6 Å². The molecule has 9 nitrogen and oxygen atoms in total. The van der Waals surface area contributed by atoms with Crippen LogP contribution in [0.2, 0.25) is 0 Å². The van der Waals surface area contributed by atoms with Crippen LogP contribution in [-0.2, 0) is 17.8 Å². The lowest BCUT2D eigenvalue weighted by atomic mass is 10.0. The third-order valence-corrected chi connectivity index (χ3v) is 7.81. The van der Waals surface area contributed by atoms with Gasteiger partial charge in [0.15, 0.2) is 0 Å². The Kier molecular flexibility index (Phi) is 8.21. The summed E-state index contributed by atoms with van der Waals surface area (Å²) in [6.45, 7) is 0.903. The smallest absolute Gasteiger partial charge is 0.335 e. The number of halogens is 3. The highest BCUT2D eigenvalue weighted by atomic mass is 19.1. The van der Waals surface area contributed by atoms with E-state index in [2.05, 4.69) is 15.3 Å². The van der Waals surface area contributed by atoms with Crippen LogP contribution in [0.1, 0.15) is 38.9 Å². The molecule has 0 saturated carbocycles. The second-order valence-electron chi connectivity index (χ2n) is 10.6. The van der Waals surface area contributed by atoms with Gasteiger partial charge in [-0.2, -0.15) is 5.26 Å². The summed E-state index contributed by atoms with van der Waals surface area (Å²) in [4.78, 5) is 20.6. The van der Waals surface area contributed by atoms with Gasteiger partial charge in [0.2, 0.25) is 5.88 Å². The number of aromatic nitrogens is 3. The van der Waals surface area contributed by atoms with Gasteiger partial charge in [-0.3, -0.25) is 0 Å². The van der Waals surface area contributed by atoms with Crippen molar-refractivity contribution < 1.29 is 32.5 Å². The van der Waals surface area contributed by atoms with Gasteiger partial charge in [0, 0.05) is 43.8 Å². The minimum atomic E-state index is -1.09. The molecule has 1 fully saturated rings. The zero-order valence-electron chi connectivity index (χ0n) is 23.9. The summed E-state index contributed by atoms with van der Waals surface area (Å²) in [7, 11) is 1.58. The number of nitriles is 1. The van der Waals surface area contributed by atoms with Gasteiger partial charge in [-0.25, -0.2) is 27.9 Å². The number of pyridine rings is 1. The lowest BCUT2D eigenvalue weighted by Crippen LogP contribution is -2.26. The fourth-order valence-corrected chi connectivity index (χ4v) is 5.53. The average Bonchev–Trinajstić information content (AvgIpc) is 3.65. The molecule has 3 aromatic carbocycles. The van der Waals surface area contributed by atoms with Gasteiger partial charge in [0.05, 0.1) is 46.1 Å². The molecule has 0 bridgehead atoms. The largest absolute Gasteiger partial charge is 0.478 e. The Hall–Kier alpha value is -5.25. The van der Waals surface area contributed by atoms with Crippen molar-refractivity contribution in [3.63, 3.8) is 0 Å². The van der Waals surface area contributed by atoms with Gasteiger partial charge < -0.3 is 24.5 Å². The molecule has 12 heteroatoms. The maximum absolute atomic E-state index is 15.6. The summed E-state index contributed by atoms with van der Waals surface area (Å²) in [5.41, 5.74) is 1.62. The molecule has 1 aliphatic rings. The third-order valence-electron chi connectivity index (χ3n) is 7.81. The molecule has 45 heavy (non-hydrogen) atoms. The van der Waals surface area contributed by atoms with Crippen LogP contribution in [0.3, 0.4) is 0 Å². The molecule has 0 radical (unpaired) electrons. The number of aromatic carboxylic acids is 1. The monoisotopic (exact) mass is 613 g/mol. The number of imidazole rings is 1. The summed E-state index contributed by atoms with van der Waals surface area (Å²) in [6, 6.07) is 16.9. The normalized spacial score (nSPS) is 16.2. The first kappa shape index (κ1) is 29.8. The van der Waals surface area contributed by atoms with Crippen molar-refractivity contribution in [3.8, 4) is 23.2 Å². The quantitative estimate of drug-likeness (QED) is 0.226. The number of fused-ring (bicyclic) bond motifs is 1. The Morgan fingerprint density at radius 1 is 1.02 bits per heavy atom. The van der Waals surface area contributed by atoms with Crippen LogP contribution in [0.15, 0.2) is 66.7 Å². The highest BCUT2D eigenvalue weighted by molar-refractivity contribution is 5.92. The number of nitrogens with zero attached hydrogens (tertiary/aromatic N) is 4. The van der Waals surface area contributed by atoms with Crippen molar-refractivity contribution in [2.24, 2.45) is 0 Å². The Morgan fingerprint density at radius 2 is 1.84 bits per heavy atom. The predicted molar refractivity (Wildman–Crippen MR) is 157 cm³/mol. The molecule has 1 saturated heterocycles. The Balaban J connectivity index is 1.29. The molecular weight excluding hydrogens is 587 g/mol. The van der Waals surface area contributed by atoms with Gasteiger partial charge in [-0.15, -0.1) is 0 Å². The molecule has 5 aromatic rings. The number of carboxylic acids is 1. The lowest BCUT2D eigenvalue weighted by molar-refractivity contribution is 0.0697. The van der Waals surface area contributed by atoms with E-state index in [9.17, 15) is 14.3 Å². The minimum absolute atomic E-state index is 0.0508. The number of rotatable bonds is 9. The van der Waals surface area contributed by atoms with Crippen LogP contribution in [0, 0.1) is 28.8 Å². The van der Waals surface area contributed by atoms with Crippen molar-refractivity contribution in [3.05, 3.63) is 112 Å². The van der Waals surface area contributed by atoms with E-state index in [1.165, 1.54) is 36.4 Å². The maximum Gasteiger partial charge on any atom is 0.335 e. The van der Waals surface area contributed by atoms with E-state index in [4.69, 9.17) is 14.7 Å². The first-order valence-corrected chi connectivity index (χ1v) is 14.0. The Bertz CT molecular complexity index is 1970. The van der Waals surface area contributed by atoms with Crippen LogP contribution in [0.25, 0.3) is 22.3 Å². The average molecular weight is 614 g/mol. The maximum atomic E-state index is 15.6. The van der Waals surface area contributed by atoms with E-state index >= 15 is 8.78 Å². The molecule has 0 aliphatic carbocycles.